The van der Waals surface area contributed by atoms with Gasteiger partial charge in [-0.1, -0.05) is 39.0 Å². The van der Waals surface area contributed by atoms with E-state index in [0.29, 0.717) is 23.5 Å². The third-order valence-electron chi connectivity index (χ3n) is 5.15. The molecule has 0 radical (unpaired) electrons. The predicted molar refractivity (Wildman–Crippen MR) is 89.0 cm³/mol. The van der Waals surface area contributed by atoms with Gasteiger partial charge in [-0.05, 0) is 42.2 Å². The van der Waals surface area contributed by atoms with E-state index in [1.165, 1.54) is 19.3 Å². The van der Waals surface area contributed by atoms with Crippen LogP contribution >= 0.6 is 0 Å². The second-order valence-corrected chi connectivity index (χ2v) is 8.42. The first-order chi connectivity index (χ1) is 10.4. The molecule has 2 bridgehead atoms. The van der Waals surface area contributed by atoms with Gasteiger partial charge in [-0.3, -0.25) is 4.90 Å². The zero-order valence-electron chi connectivity index (χ0n) is 14.1. The van der Waals surface area contributed by atoms with Gasteiger partial charge in [0.25, 0.3) is 0 Å². The van der Waals surface area contributed by atoms with Crippen LogP contribution in [0.25, 0.3) is 0 Å². The number of aliphatic hydroxyl groups is 1. The maximum atomic E-state index is 10.3. The SMILES string of the molecule is CC1(C)C[C@H]2C[C@@](C)(CN2C[C@@H](O)COc2ccccc2)C1. The normalized spacial score (nSPS) is 31.9. The molecule has 0 aromatic heterocycles. The highest BCUT2D eigenvalue weighted by molar-refractivity contribution is 5.20. The number of β-amino-alcohol motifs (C(OH)–C–C–N with tert-alkyl or cyclic N) is 1. The van der Waals surface area contributed by atoms with Crippen LogP contribution in [-0.2, 0) is 0 Å². The molecule has 22 heavy (non-hydrogen) atoms. The van der Waals surface area contributed by atoms with Gasteiger partial charge in [-0.15, -0.1) is 0 Å². The van der Waals surface area contributed by atoms with Gasteiger partial charge < -0.3 is 9.84 Å². The quantitative estimate of drug-likeness (QED) is 0.905. The van der Waals surface area contributed by atoms with Crippen molar-refractivity contribution in [2.24, 2.45) is 10.8 Å². The maximum Gasteiger partial charge on any atom is 0.119 e. The number of nitrogens with zero attached hydrogens (tertiary/aromatic N) is 1. The first kappa shape index (κ1) is 15.8. The smallest absolute Gasteiger partial charge is 0.119 e. The summed E-state index contributed by atoms with van der Waals surface area (Å²) in [5.41, 5.74) is 0.852. The Hall–Kier alpha value is -1.06. The zero-order chi connectivity index (χ0) is 15.8. The molecule has 2 fully saturated rings. The van der Waals surface area contributed by atoms with E-state index in [4.69, 9.17) is 4.74 Å². The van der Waals surface area contributed by atoms with Crippen molar-refractivity contribution in [2.45, 2.75) is 52.2 Å². The number of benzene rings is 1. The molecule has 3 atom stereocenters. The molecule has 1 aromatic rings. The van der Waals surface area contributed by atoms with E-state index in [-0.39, 0.29) is 0 Å². The minimum absolute atomic E-state index is 0.368. The van der Waals surface area contributed by atoms with E-state index in [0.717, 1.165) is 18.8 Å². The lowest BCUT2D eigenvalue weighted by Gasteiger charge is -2.40. The van der Waals surface area contributed by atoms with Crippen LogP contribution in [0.5, 0.6) is 5.75 Å². The summed E-state index contributed by atoms with van der Waals surface area (Å²) in [4.78, 5) is 2.49. The van der Waals surface area contributed by atoms with Crippen molar-refractivity contribution < 1.29 is 9.84 Å². The largest absolute Gasteiger partial charge is 0.491 e. The Kier molecular flexibility index (Phi) is 4.21. The summed E-state index contributed by atoms with van der Waals surface area (Å²) in [6.45, 7) is 9.39. The average Bonchev–Trinajstić information content (AvgIpc) is 2.66. The van der Waals surface area contributed by atoms with Crippen LogP contribution in [0, 0.1) is 10.8 Å². The summed E-state index contributed by atoms with van der Waals surface area (Å²) < 4.78 is 5.68. The molecule has 2 aliphatic rings. The monoisotopic (exact) mass is 303 g/mol. The van der Waals surface area contributed by atoms with Crippen LogP contribution in [0.4, 0.5) is 0 Å². The molecule has 3 heteroatoms. The van der Waals surface area contributed by atoms with Crippen LogP contribution < -0.4 is 4.74 Å². The maximum absolute atomic E-state index is 10.3. The molecule has 3 nitrogen and oxygen atoms in total. The molecule has 1 N–H and O–H groups in total. The van der Waals surface area contributed by atoms with Crippen molar-refractivity contribution in [2.75, 3.05) is 19.7 Å². The Morgan fingerprint density at radius 3 is 2.68 bits per heavy atom. The first-order valence-electron chi connectivity index (χ1n) is 8.45. The molecular weight excluding hydrogens is 274 g/mol. The summed E-state index contributed by atoms with van der Waals surface area (Å²) in [7, 11) is 0. The van der Waals surface area contributed by atoms with Gasteiger partial charge in [0.1, 0.15) is 18.5 Å². The van der Waals surface area contributed by atoms with Gasteiger partial charge >= 0.3 is 0 Å². The highest BCUT2D eigenvalue weighted by atomic mass is 16.5. The minimum Gasteiger partial charge on any atom is -0.491 e. The van der Waals surface area contributed by atoms with Crippen molar-refractivity contribution in [3.05, 3.63) is 30.3 Å². The molecule has 0 amide bonds. The number of hydrogen-bond donors (Lipinski definition) is 1. The van der Waals surface area contributed by atoms with Crippen LogP contribution in [0.3, 0.4) is 0 Å². The third-order valence-corrected chi connectivity index (χ3v) is 5.15. The van der Waals surface area contributed by atoms with Crippen molar-refractivity contribution in [3.63, 3.8) is 0 Å². The van der Waals surface area contributed by atoms with Crippen LogP contribution in [-0.4, -0.2) is 41.8 Å². The summed E-state index contributed by atoms with van der Waals surface area (Å²) in [6, 6.07) is 10.4. The van der Waals surface area contributed by atoms with Crippen LogP contribution in [0.15, 0.2) is 30.3 Å². The van der Waals surface area contributed by atoms with Crippen molar-refractivity contribution in [1.29, 1.82) is 0 Å². The standard InChI is InChI=1S/C19H29NO2/c1-18(2)9-15-10-19(3,13-18)14-20(15)11-16(21)12-22-17-7-5-4-6-8-17/h4-8,15-16,21H,9-14H2,1-3H3/t15-,16+,19+/m0/s1. The lowest BCUT2D eigenvalue weighted by atomic mass is 9.65. The Bertz CT molecular complexity index is 501. The number of fused-ring (bicyclic) bond motifs is 2. The van der Waals surface area contributed by atoms with E-state index in [2.05, 4.69) is 25.7 Å². The van der Waals surface area contributed by atoms with E-state index in [1.807, 2.05) is 30.3 Å². The third kappa shape index (κ3) is 3.64. The summed E-state index contributed by atoms with van der Waals surface area (Å²) in [5, 5.41) is 10.3. The minimum atomic E-state index is -0.425. The highest BCUT2D eigenvalue weighted by Crippen LogP contribution is 2.52. The first-order valence-corrected chi connectivity index (χ1v) is 8.45. The predicted octanol–water partition coefficient (Wildman–Crippen LogP) is 3.33. The summed E-state index contributed by atoms with van der Waals surface area (Å²) in [5.74, 6) is 0.829. The van der Waals surface area contributed by atoms with Gasteiger partial charge in [0, 0.05) is 19.1 Å². The van der Waals surface area contributed by atoms with Gasteiger partial charge in [-0.25, -0.2) is 0 Å². The van der Waals surface area contributed by atoms with Gasteiger partial charge in [0.15, 0.2) is 0 Å². The molecule has 0 spiro atoms. The van der Waals surface area contributed by atoms with E-state index < -0.39 is 6.10 Å². The van der Waals surface area contributed by atoms with Crippen LogP contribution in [0.1, 0.15) is 40.0 Å². The molecule has 3 rings (SSSR count). The molecule has 1 aliphatic carbocycles. The number of hydrogen-bond acceptors (Lipinski definition) is 3. The van der Waals surface area contributed by atoms with E-state index in [1.54, 1.807) is 0 Å². The number of aliphatic hydroxyl groups excluding tert-OH is 1. The van der Waals surface area contributed by atoms with Crippen molar-refractivity contribution in [3.8, 4) is 5.75 Å². The molecule has 122 valence electrons. The number of rotatable bonds is 5. The molecule has 1 aromatic carbocycles. The average molecular weight is 303 g/mol. The van der Waals surface area contributed by atoms with Crippen molar-refractivity contribution >= 4 is 0 Å². The Morgan fingerprint density at radius 1 is 1.23 bits per heavy atom. The summed E-state index contributed by atoms with van der Waals surface area (Å²) in [6.07, 6.45) is 3.40. The van der Waals surface area contributed by atoms with Crippen molar-refractivity contribution in [1.82, 2.24) is 4.90 Å². The second-order valence-electron chi connectivity index (χ2n) is 8.42. The fraction of sp³-hybridized carbons (Fsp3) is 0.684. The molecule has 1 saturated carbocycles. The van der Waals surface area contributed by atoms with E-state index >= 15 is 0 Å². The molecule has 1 saturated heterocycles. The topological polar surface area (TPSA) is 32.7 Å². The zero-order valence-corrected chi connectivity index (χ0v) is 14.1. The van der Waals surface area contributed by atoms with Crippen LogP contribution in [0.2, 0.25) is 0 Å². The molecule has 1 heterocycles. The fourth-order valence-electron chi connectivity index (χ4n) is 4.82. The Labute approximate surface area is 134 Å². The Morgan fingerprint density at radius 2 is 1.95 bits per heavy atom. The summed E-state index contributed by atoms with van der Waals surface area (Å²) >= 11 is 0. The lowest BCUT2D eigenvalue weighted by molar-refractivity contribution is 0.0585. The van der Waals surface area contributed by atoms with Gasteiger partial charge in [0.05, 0.1) is 0 Å². The van der Waals surface area contributed by atoms with E-state index in [9.17, 15) is 5.11 Å². The molecule has 0 unspecified atom stereocenters. The highest BCUT2D eigenvalue weighted by Gasteiger charge is 2.49. The second kappa shape index (κ2) is 5.86. The van der Waals surface area contributed by atoms with Gasteiger partial charge in [0.2, 0.25) is 0 Å². The molecular formula is C19H29NO2. The molecule has 1 aliphatic heterocycles. The lowest BCUT2D eigenvalue weighted by Crippen LogP contribution is -2.39. The number of likely N-dealkylation sites (tertiary alicyclic amines) is 1. The number of para-hydroxylation sites is 1. The Balaban J connectivity index is 1.53. The fourth-order valence-corrected chi connectivity index (χ4v) is 4.82. The van der Waals surface area contributed by atoms with Gasteiger partial charge in [-0.2, -0.15) is 0 Å². The number of ether oxygens (including phenoxy) is 1.